The Hall–Kier alpha value is -0.880. The Bertz CT molecular complexity index is 537. The van der Waals surface area contributed by atoms with Gasteiger partial charge < -0.3 is 15.0 Å². The van der Waals surface area contributed by atoms with Crippen LogP contribution < -0.4 is 5.32 Å². The van der Waals surface area contributed by atoms with Crippen LogP contribution in [0.4, 0.5) is 9.80 Å². The maximum absolute atomic E-state index is 12.3. The second kappa shape index (κ2) is 6.71. The van der Waals surface area contributed by atoms with E-state index in [0.29, 0.717) is 5.92 Å². The van der Waals surface area contributed by atoms with Gasteiger partial charge in [0.2, 0.25) is 0 Å². The highest BCUT2D eigenvalue weighted by molar-refractivity contribution is 7.80. The first kappa shape index (κ1) is 17.5. The van der Waals surface area contributed by atoms with Crippen molar-refractivity contribution >= 4 is 35.1 Å². The molecule has 0 radical (unpaired) electrons. The van der Waals surface area contributed by atoms with E-state index < -0.39 is 5.60 Å². The minimum absolute atomic E-state index is 0.192. The summed E-state index contributed by atoms with van der Waals surface area (Å²) in [5, 5.41) is 4.29. The van der Waals surface area contributed by atoms with Crippen LogP contribution in [0.2, 0.25) is 0 Å². The molecule has 6 heteroatoms. The molecule has 22 heavy (non-hydrogen) atoms. The lowest BCUT2D eigenvalue weighted by Gasteiger charge is -2.38. The van der Waals surface area contributed by atoms with Gasteiger partial charge in [-0.3, -0.25) is 0 Å². The molecule has 1 aromatic heterocycles. The van der Waals surface area contributed by atoms with Gasteiger partial charge in [0.1, 0.15) is 10.6 Å². The molecule has 2 atom stereocenters. The van der Waals surface area contributed by atoms with Gasteiger partial charge in [0, 0.05) is 29.4 Å². The average molecular weight is 343 g/mol. The van der Waals surface area contributed by atoms with E-state index in [-0.39, 0.29) is 12.1 Å². The van der Waals surface area contributed by atoms with Crippen molar-refractivity contribution in [1.29, 1.82) is 0 Å². The summed E-state index contributed by atoms with van der Waals surface area (Å²) >= 11 is 6.27. The number of thiol groups is 1. The molecule has 1 aliphatic rings. The predicted molar refractivity (Wildman–Crippen MR) is 95.5 cm³/mol. The van der Waals surface area contributed by atoms with Crippen LogP contribution in [0.25, 0.3) is 0 Å². The number of amides is 1. The number of carbonyl (C=O) groups excluding carboxylic acids is 1. The molecule has 4 nitrogen and oxygen atoms in total. The van der Waals surface area contributed by atoms with Crippen LogP contribution >= 0.6 is 24.0 Å². The van der Waals surface area contributed by atoms with Gasteiger partial charge in [-0.2, -0.15) is 0 Å². The highest BCUT2D eigenvalue weighted by Crippen LogP contribution is 2.40. The topological polar surface area (TPSA) is 41.6 Å². The summed E-state index contributed by atoms with van der Waals surface area (Å²) in [4.78, 5) is 16.5. The standard InChI is InChI=1S/C16H26N2O2S2/c1-10-8-11(13-9-12(21)14(17-5)22-13)6-7-18(10)15(19)20-16(2,3)4/h9-11,17,21H,6-8H2,1-5H3. The zero-order chi connectivity index (χ0) is 16.5. The molecule has 2 rings (SSSR count). The number of ether oxygens (including phenoxy) is 1. The summed E-state index contributed by atoms with van der Waals surface area (Å²) in [7, 11) is 1.92. The lowest BCUT2D eigenvalue weighted by atomic mass is 9.90. The molecule has 2 unspecified atom stereocenters. The third kappa shape index (κ3) is 4.10. The maximum atomic E-state index is 12.3. The molecule has 2 heterocycles. The lowest BCUT2D eigenvalue weighted by molar-refractivity contribution is 0.0104. The molecule has 0 aliphatic carbocycles. The predicted octanol–water partition coefficient (Wildman–Crippen LogP) is 4.58. The van der Waals surface area contributed by atoms with Crippen LogP contribution in [-0.2, 0) is 4.74 Å². The number of carbonyl (C=O) groups is 1. The van der Waals surface area contributed by atoms with E-state index in [2.05, 4.69) is 30.9 Å². The van der Waals surface area contributed by atoms with Crippen molar-refractivity contribution in [1.82, 2.24) is 4.90 Å². The molecule has 1 amide bonds. The van der Waals surface area contributed by atoms with Gasteiger partial charge >= 0.3 is 6.09 Å². The van der Waals surface area contributed by atoms with Gasteiger partial charge in [-0.05, 0) is 52.5 Å². The van der Waals surface area contributed by atoms with E-state index in [1.165, 1.54) is 4.88 Å². The Kier molecular flexibility index (Phi) is 5.33. The molecule has 0 spiro atoms. The van der Waals surface area contributed by atoms with E-state index in [1.807, 2.05) is 32.7 Å². The number of hydrogen-bond acceptors (Lipinski definition) is 5. The SMILES string of the molecule is CNc1sc(C2CCN(C(=O)OC(C)(C)C)C(C)C2)cc1S. The van der Waals surface area contributed by atoms with Crippen molar-refractivity contribution in [2.75, 3.05) is 18.9 Å². The second-order valence-corrected chi connectivity index (χ2v) is 8.42. The van der Waals surface area contributed by atoms with E-state index in [1.54, 1.807) is 11.3 Å². The fourth-order valence-corrected chi connectivity index (χ4v) is 4.34. The van der Waals surface area contributed by atoms with Gasteiger partial charge in [-0.1, -0.05) is 0 Å². The first-order valence-corrected chi connectivity index (χ1v) is 8.97. The van der Waals surface area contributed by atoms with Gasteiger partial charge in [0.15, 0.2) is 0 Å². The first-order valence-electron chi connectivity index (χ1n) is 7.71. The summed E-state index contributed by atoms with van der Waals surface area (Å²) < 4.78 is 5.50. The Balaban J connectivity index is 2.01. The van der Waals surface area contributed by atoms with Crippen molar-refractivity contribution < 1.29 is 9.53 Å². The van der Waals surface area contributed by atoms with Gasteiger partial charge in [-0.15, -0.1) is 24.0 Å². The monoisotopic (exact) mass is 342 g/mol. The molecule has 124 valence electrons. The zero-order valence-electron chi connectivity index (χ0n) is 14.0. The number of thiophene rings is 1. The summed E-state index contributed by atoms with van der Waals surface area (Å²) in [6.45, 7) is 8.56. The maximum Gasteiger partial charge on any atom is 0.410 e. The van der Waals surface area contributed by atoms with Crippen LogP contribution in [0.5, 0.6) is 0 Å². The Morgan fingerprint density at radius 3 is 2.68 bits per heavy atom. The molecular formula is C16H26N2O2S2. The molecule has 1 N–H and O–H groups in total. The molecule has 1 fully saturated rings. The smallest absolute Gasteiger partial charge is 0.410 e. The average Bonchev–Trinajstić information content (AvgIpc) is 2.77. The number of rotatable bonds is 2. The van der Waals surface area contributed by atoms with Crippen LogP contribution in [0.3, 0.4) is 0 Å². The zero-order valence-corrected chi connectivity index (χ0v) is 15.7. The second-order valence-electron chi connectivity index (χ2n) is 6.86. The van der Waals surface area contributed by atoms with E-state index in [9.17, 15) is 4.79 Å². The Morgan fingerprint density at radius 2 is 2.18 bits per heavy atom. The largest absolute Gasteiger partial charge is 0.444 e. The third-order valence-electron chi connectivity index (χ3n) is 3.87. The molecule has 0 saturated carbocycles. The van der Waals surface area contributed by atoms with Crippen LogP contribution in [0.15, 0.2) is 11.0 Å². The highest BCUT2D eigenvalue weighted by atomic mass is 32.1. The third-order valence-corrected chi connectivity index (χ3v) is 5.68. The number of nitrogens with zero attached hydrogens (tertiary/aromatic N) is 1. The first-order chi connectivity index (χ1) is 10.2. The van der Waals surface area contributed by atoms with Gasteiger partial charge in [-0.25, -0.2) is 4.79 Å². The van der Waals surface area contributed by atoms with Crippen molar-refractivity contribution in [3.05, 3.63) is 10.9 Å². The molecule has 1 aliphatic heterocycles. The van der Waals surface area contributed by atoms with Crippen LogP contribution in [0.1, 0.15) is 51.3 Å². The summed E-state index contributed by atoms with van der Waals surface area (Å²) in [5.41, 5.74) is -0.440. The van der Waals surface area contributed by atoms with E-state index >= 15 is 0 Å². The number of nitrogens with one attached hydrogen (secondary N) is 1. The summed E-state index contributed by atoms with van der Waals surface area (Å²) in [6, 6.07) is 2.34. The number of hydrogen-bond donors (Lipinski definition) is 2. The fraction of sp³-hybridized carbons (Fsp3) is 0.688. The normalized spacial score (nSPS) is 22.5. The highest BCUT2D eigenvalue weighted by Gasteiger charge is 2.33. The van der Waals surface area contributed by atoms with Crippen molar-refractivity contribution in [2.24, 2.45) is 0 Å². The van der Waals surface area contributed by atoms with Crippen molar-refractivity contribution in [3.63, 3.8) is 0 Å². The molecule has 0 aromatic carbocycles. The minimum Gasteiger partial charge on any atom is -0.444 e. The Morgan fingerprint density at radius 1 is 1.50 bits per heavy atom. The molecular weight excluding hydrogens is 316 g/mol. The van der Waals surface area contributed by atoms with Crippen molar-refractivity contribution in [3.8, 4) is 0 Å². The fourth-order valence-electron chi connectivity index (χ4n) is 2.80. The van der Waals surface area contributed by atoms with Gasteiger partial charge in [0.05, 0.1) is 0 Å². The summed E-state index contributed by atoms with van der Waals surface area (Å²) in [6.07, 6.45) is 1.74. The van der Waals surface area contributed by atoms with Crippen LogP contribution in [0, 0.1) is 0 Å². The minimum atomic E-state index is -0.440. The quantitative estimate of drug-likeness (QED) is 0.773. The molecule has 0 bridgehead atoms. The number of likely N-dealkylation sites (tertiary alicyclic amines) is 1. The number of piperidine rings is 1. The Labute approximate surface area is 142 Å². The lowest BCUT2D eigenvalue weighted by Crippen LogP contribution is -2.46. The van der Waals surface area contributed by atoms with Crippen molar-refractivity contribution in [2.45, 2.75) is 63.0 Å². The van der Waals surface area contributed by atoms with Gasteiger partial charge in [0.25, 0.3) is 0 Å². The molecule has 1 saturated heterocycles. The van der Waals surface area contributed by atoms with E-state index in [0.717, 1.165) is 29.3 Å². The van der Waals surface area contributed by atoms with E-state index in [4.69, 9.17) is 4.74 Å². The summed E-state index contributed by atoms with van der Waals surface area (Å²) in [5.74, 6) is 0.492. The molecule has 1 aromatic rings. The van der Waals surface area contributed by atoms with Crippen LogP contribution in [-0.4, -0.2) is 36.2 Å². The number of anilines is 1.